The van der Waals surface area contributed by atoms with Crippen LogP contribution in [-0.2, 0) is 0 Å². The molecular formula is C10H19N. The van der Waals surface area contributed by atoms with E-state index in [4.69, 9.17) is 5.73 Å². The Labute approximate surface area is 70.2 Å². The third-order valence-corrected chi connectivity index (χ3v) is 1.19. The van der Waals surface area contributed by atoms with Crippen molar-refractivity contribution in [1.82, 2.24) is 0 Å². The first-order valence-electron chi connectivity index (χ1n) is 3.62. The first-order chi connectivity index (χ1) is 4.80. The van der Waals surface area contributed by atoms with Crippen molar-refractivity contribution >= 4 is 5.69 Å². The fourth-order valence-electron chi connectivity index (χ4n) is 0.587. The van der Waals surface area contributed by atoms with E-state index in [-0.39, 0.29) is 7.43 Å². The average Bonchev–Trinajstić information content (AvgIpc) is 2.00. The van der Waals surface area contributed by atoms with Crippen LogP contribution in [0.25, 0.3) is 0 Å². The van der Waals surface area contributed by atoms with Crippen LogP contribution in [0.3, 0.4) is 0 Å². The van der Waals surface area contributed by atoms with E-state index in [1.807, 2.05) is 45.0 Å². The van der Waals surface area contributed by atoms with Gasteiger partial charge in [-0.2, -0.15) is 0 Å². The molecule has 64 valence electrons. The molecule has 1 nitrogen and oxygen atoms in total. The van der Waals surface area contributed by atoms with Gasteiger partial charge >= 0.3 is 0 Å². The van der Waals surface area contributed by atoms with Gasteiger partial charge in [-0.1, -0.05) is 39.5 Å². The van der Waals surface area contributed by atoms with Crippen LogP contribution in [0, 0.1) is 6.92 Å². The van der Waals surface area contributed by atoms with Crippen molar-refractivity contribution in [2.45, 2.75) is 28.2 Å². The number of hydrogen-bond acceptors (Lipinski definition) is 1. The standard InChI is InChI=1S/C7H9N.C2H6.CH4/c1-6-4-2-3-5-7(6)8;1-2;/h2-5H,8H2,1H3;1-2H3;1H4. The summed E-state index contributed by atoms with van der Waals surface area (Å²) in [4.78, 5) is 0. The molecule has 1 rings (SSSR count). The van der Waals surface area contributed by atoms with Gasteiger partial charge in [0, 0.05) is 5.69 Å². The molecule has 1 heteroatoms. The lowest BCUT2D eigenvalue weighted by Gasteiger charge is -1.93. The molecule has 11 heavy (non-hydrogen) atoms. The zero-order valence-electron chi connectivity index (χ0n) is 6.89. The fraction of sp³-hybridized carbons (Fsp3) is 0.400. The lowest BCUT2D eigenvalue weighted by Crippen LogP contribution is -1.85. The van der Waals surface area contributed by atoms with Crippen molar-refractivity contribution in [2.75, 3.05) is 5.73 Å². The van der Waals surface area contributed by atoms with Crippen molar-refractivity contribution in [3.05, 3.63) is 29.8 Å². The van der Waals surface area contributed by atoms with Crippen molar-refractivity contribution in [2.24, 2.45) is 0 Å². The number of anilines is 1. The van der Waals surface area contributed by atoms with Gasteiger partial charge in [0.05, 0.1) is 0 Å². The van der Waals surface area contributed by atoms with E-state index >= 15 is 0 Å². The summed E-state index contributed by atoms with van der Waals surface area (Å²) in [7, 11) is 0. The molecule has 0 aliphatic heterocycles. The SMILES string of the molecule is C.CC.Cc1ccccc1N. The van der Waals surface area contributed by atoms with E-state index in [1.165, 1.54) is 0 Å². The molecule has 0 aromatic heterocycles. The van der Waals surface area contributed by atoms with Crippen LogP contribution in [0.15, 0.2) is 24.3 Å². The molecule has 0 radical (unpaired) electrons. The van der Waals surface area contributed by atoms with E-state index in [0.29, 0.717) is 0 Å². The van der Waals surface area contributed by atoms with Gasteiger partial charge < -0.3 is 5.73 Å². The molecule has 0 spiro atoms. The molecule has 0 fully saturated rings. The van der Waals surface area contributed by atoms with Crippen molar-refractivity contribution < 1.29 is 0 Å². The summed E-state index contributed by atoms with van der Waals surface area (Å²) >= 11 is 0. The highest BCUT2D eigenvalue weighted by molar-refractivity contribution is 5.44. The molecule has 0 aliphatic carbocycles. The number of para-hydroxylation sites is 1. The second kappa shape index (κ2) is 7.13. The van der Waals surface area contributed by atoms with Crippen LogP contribution in [0.4, 0.5) is 5.69 Å². The second-order valence-corrected chi connectivity index (χ2v) is 1.86. The maximum Gasteiger partial charge on any atom is 0.0343 e. The molecule has 0 aliphatic rings. The number of nitrogen functional groups attached to an aromatic ring is 1. The molecular weight excluding hydrogens is 134 g/mol. The Morgan fingerprint density at radius 1 is 1.09 bits per heavy atom. The zero-order chi connectivity index (χ0) is 7.98. The van der Waals surface area contributed by atoms with Crippen molar-refractivity contribution in [3.8, 4) is 0 Å². The molecule has 1 aromatic carbocycles. The quantitative estimate of drug-likeness (QED) is 0.569. The highest BCUT2D eigenvalue weighted by Crippen LogP contribution is 2.06. The summed E-state index contributed by atoms with van der Waals surface area (Å²) in [5.74, 6) is 0. The molecule has 0 saturated heterocycles. The fourth-order valence-corrected chi connectivity index (χ4v) is 0.587. The predicted molar refractivity (Wildman–Crippen MR) is 53.7 cm³/mol. The lowest BCUT2D eigenvalue weighted by atomic mass is 10.2. The normalized spacial score (nSPS) is 7.18. The van der Waals surface area contributed by atoms with E-state index in [1.54, 1.807) is 0 Å². The van der Waals surface area contributed by atoms with Crippen LogP contribution >= 0.6 is 0 Å². The summed E-state index contributed by atoms with van der Waals surface area (Å²) in [5.41, 5.74) is 7.53. The summed E-state index contributed by atoms with van der Waals surface area (Å²) in [6, 6.07) is 7.80. The topological polar surface area (TPSA) is 26.0 Å². The maximum absolute atomic E-state index is 5.52. The average molecular weight is 153 g/mol. The number of rotatable bonds is 0. The minimum Gasteiger partial charge on any atom is -0.399 e. The number of benzene rings is 1. The van der Waals surface area contributed by atoms with E-state index in [0.717, 1.165) is 11.3 Å². The summed E-state index contributed by atoms with van der Waals surface area (Å²) in [6.45, 7) is 6.00. The number of nitrogens with two attached hydrogens (primary N) is 1. The van der Waals surface area contributed by atoms with Gasteiger partial charge in [0.15, 0.2) is 0 Å². The number of hydrogen-bond donors (Lipinski definition) is 1. The predicted octanol–water partition coefficient (Wildman–Crippen LogP) is 3.24. The summed E-state index contributed by atoms with van der Waals surface area (Å²) < 4.78 is 0. The van der Waals surface area contributed by atoms with Crippen LogP contribution in [0.1, 0.15) is 26.8 Å². The van der Waals surface area contributed by atoms with Gasteiger partial charge in [0.25, 0.3) is 0 Å². The molecule has 0 heterocycles. The van der Waals surface area contributed by atoms with Crippen LogP contribution < -0.4 is 5.73 Å². The van der Waals surface area contributed by atoms with Crippen LogP contribution in [0.5, 0.6) is 0 Å². The molecule has 0 bridgehead atoms. The van der Waals surface area contributed by atoms with Gasteiger partial charge in [-0.15, -0.1) is 0 Å². The molecule has 0 unspecified atom stereocenters. The molecule has 0 amide bonds. The minimum atomic E-state index is 0. The van der Waals surface area contributed by atoms with Gasteiger partial charge in [0.1, 0.15) is 0 Å². The van der Waals surface area contributed by atoms with E-state index in [2.05, 4.69) is 0 Å². The first-order valence-corrected chi connectivity index (χ1v) is 3.62. The van der Waals surface area contributed by atoms with Gasteiger partial charge in [-0.25, -0.2) is 0 Å². The van der Waals surface area contributed by atoms with Crippen molar-refractivity contribution in [1.29, 1.82) is 0 Å². The summed E-state index contributed by atoms with van der Waals surface area (Å²) in [5, 5.41) is 0. The van der Waals surface area contributed by atoms with Crippen LogP contribution in [0.2, 0.25) is 0 Å². The Hall–Kier alpha value is -0.980. The summed E-state index contributed by atoms with van der Waals surface area (Å²) in [6.07, 6.45) is 0. The molecule has 0 atom stereocenters. The van der Waals surface area contributed by atoms with E-state index < -0.39 is 0 Å². The van der Waals surface area contributed by atoms with Gasteiger partial charge in [-0.05, 0) is 18.6 Å². The molecule has 0 saturated carbocycles. The molecule has 2 N–H and O–H groups in total. The lowest BCUT2D eigenvalue weighted by molar-refractivity contribution is 1.47. The Morgan fingerprint density at radius 3 is 1.82 bits per heavy atom. The second-order valence-electron chi connectivity index (χ2n) is 1.86. The van der Waals surface area contributed by atoms with Crippen molar-refractivity contribution in [3.63, 3.8) is 0 Å². The first kappa shape index (κ1) is 12.7. The third-order valence-electron chi connectivity index (χ3n) is 1.19. The highest BCUT2D eigenvalue weighted by atomic mass is 14.5. The smallest absolute Gasteiger partial charge is 0.0343 e. The Kier molecular flexibility index (Phi) is 8.22. The highest BCUT2D eigenvalue weighted by Gasteiger charge is 1.84. The molecule has 1 aromatic rings. The maximum atomic E-state index is 5.52. The third kappa shape index (κ3) is 4.43. The van der Waals surface area contributed by atoms with E-state index in [9.17, 15) is 0 Å². The number of aryl methyl sites for hydroxylation is 1. The monoisotopic (exact) mass is 153 g/mol. The largest absolute Gasteiger partial charge is 0.399 e. The van der Waals surface area contributed by atoms with Gasteiger partial charge in [0.2, 0.25) is 0 Å². The minimum absolute atomic E-state index is 0. The zero-order valence-corrected chi connectivity index (χ0v) is 6.89. The Bertz CT molecular complexity index is 161. The van der Waals surface area contributed by atoms with Crippen LogP contribution in [-0.4, -0.2) is 0 Å². The van der Waals surface area contributed by atoms with Gasteiger partial charge in [-0.3, -0.25) is 0 Å². The Balaban J connectivity index is 0. The Morgan fingerprint density at radius 2 is 1.55 bits per heavy atom.